The van der Waals surface area contributed by atoms with Crippen molar-refractivity contribution in [3.8, 4) is 0 Å². The Hall–Kier alpha value is -0.370. The number of rotatable bonds is 11. The maximum atomic E-state index is 11.6. The zero-order valence-electron chi connectivity index (χ0n) is 15.4. The van der Waals surface area contributed by atoms with E-state index >= 15 is 0 Å². The molecule has 0 aromatic heterocycles. The van der Waals surface area contributed by atoms with E-state index in [4.69, 9.17) is 4.74 Å². The molecule has 0 aromatic carbocycles. The molecule has 0 radical (unpaired) electrons. The quantitative estimate of drug-likeness (QED) is 0.442. The third-order valence-electron chi connectivity index (χ3n) is 3.55. The van der Waals surface area contributed by atoms with Crippen LogP contribution in [0.1, 0.15) is 99.3 Å². The highest BCUT2D eigenvalue weighted by molar-refractivity contribution is 5.79. The highest BCUT2D eigenvalue weighted by Gasteiger charge is 2.12. The van der Waals surface area contributed by atoms with Gasteiger partial charge in [-0.3, -0.25) is 4.79 Å². The van der Waals surface area contributed by atoms with Gasteiger partial charge in [0, 0.05) is 6.42 Å². The predicted octanol–water partition coefficient (Wildman–Crippen LogP) is 5.93. The van der Waals surface area contributed by atoms with E-state index < -0.39 is 0 Å². The number of ether oxygens (including phenoxy) is 1. The average Bonchev–Trinajstić information content (AvgIpc) is 2.32. The first-order chi connectivity index (χ1) is 9.60. The summed E-state index contributed by atoms with van der Waals surface area (Å²) in [5.41, 5.74) is 0.276. The van der Waals surface area contributed by atoms with E-state index in [2.05, 4.69) is 20.8 Å². The minimum Gasteiger partial charge on any atom is -0.368 e. The van der Waals surface area contributed by atoms with Crippen molar-refractivity contribution in [2.45, 2.75) is 105 Å². The summed E-state index contributed by atoms with van der Waals surface area (Å²) in [4.78, 5) is 11.6. The Morgan fingerprint density at radius 3 is 1.71 bits per heavy atom. The predicted molar refractivity (Wildman–Crippen MR) is 91.7 cm³/mol. The van der Waals surface area contributed by atoms with Gasteiger partial charge in [0.15, 0.2) is 5.78 Å². The molecule has 0 rings (SSSR count). The maximum absolute atomic E-state index is 11.6. The molecular formula is C19H38O2. The summed E-state index contributed by atoms with van der Waals surface area (Å²) in [6.07, 6.45) is 10.9. The van der Waals surface area contributed by atoms with E-state index in [1.165, 1.54) is 44.9 Å². The van der Waals surface area contributed by atoms with Gasteiger partial charge in [0.1, 0.15) is 6.61 Å². The van der Waals surface area contributed by atoms with Crippen molar-refractivity contribution in [3.63, 3.8) is 0 Å². The first kappa shape index (κ1) is 20.6. The molecule has 0 aliphatic heterocycles. The van der Waals surface area contributed by atoms with Crippen molar-refractivity contribution < 1.29 is 9.53 Å². The summed E-state index contributed by atoms with van der Waals surface area (Å²) in [6.45, 7) is 13.2. The maximum Gasteiger partial charge on any atom is 0.158 e. The summed E-state index contributed by atoms with van der Waals surface area (Å²) in [5, 5.41) is 0. The van der Waals surface area contributed by atoms with E-state index in [1.807, 2.05) is 20.8 Å². The van der Waals surface area contributed by atoms with Gasteiger partial charge in [-0.1, -0.05) is 59.3 Å². The van der Waals surface area contributed by atoms with E-state index in [0.29, 0.717) is 11.8 Å². The first-order valence-electron chi connectivity index (χ1n) is 8.76. The molecule has 0 saturated carbocycles. The highest BCUT2D eigenvalue weighted by Crippen LogP contribution is 2.22. The van der Waals surface area contributed by atoms with Gasteiger partial charge in [0.2, 0.25) is 0 Å². The number of ketones is 1. The zero-order chi connectivity index (χ0) is 16.4. The Labute approximate surface area is 133 Å². The van der Waals surface area contributed by atoms with Crippen molar-refractivity contribution in [2.75, 3.05) is 6.61 Å². The Kier molecular flexibility index (Phi) is 10.2. The molecule has 2 nitrogen and oxygen atoms in total. The lowest BCUT2D eigenvalue weighted by molar-refractivity contribution is -0.128. The Morgan fingerprint density at radius 1 is 0.762 bits per heavy atom. The fourth-order valence-electron chi connectivity index (χ4n) is 2.23. The van der Waals surface area contributed by atoms with Crippen LogP contribution >= 0.6 is 0 Å². The fourth-order valence-corrected chi connectivity index (χ4v) is 2.23. The van der Waals surface area contributed by atoms with Gasteiger partial charge < -0.3 is 4.74 Å². The molecule has 0 fully saturated rings. The summed E-state index contributed by atoms with van der Waals surface area (Å²) < 4.78 is 5.49. The third kappa shape index (κ3) is 17.6. The normalized spacial score (nSPS) is 12.7. The van der Waals surface area contributed by atoms with Crippen molar-refractivity contribution >= 4 is 5.78 Å². The van der Waals surface area contributed by atoms with Crippen LogP contribution < -0.4 is 0 Å². The molecule has 0 amide bonds. The molecule has 0 N–H and O–H groups in total. The molecule has 0 aliphatic carbocycles. The lowest BCUT2D eigenvalue weighted by Crippen LogP contribution is -2.23. The molecule has 2 heteroatoms. The minimum absolute atomic E-state index is 0.206. The topological polar surface area (TPSA) is 26.3 Å². The van der Waals surface area contributed by atoms with Crippen LogP contribution in [-0.4, -0.2) is 18.0 Å². The standard InChI is InChI=1S/C19H38O2/c1-18(2,3)15-13-11-9-7-8-10-12-14-17(20)16-21-19(4,5)6/h7-16H2,1-6H3. The molecule has 0 aliphatic rings. The van der Waals surface area contributed by atoms with Gasteiger partial charge in [-0.15, -0.1) is 0 Å². The van der Waals surface area contributed by atoms with E-state index in [-0.39, 0.29) is 18.0 Å². The van der Waals surface area contributed by atoms with Gasteiger partial charge in [0.05, 0.1) is 5.60 Å². The van der Waals surface area contributed by atoms with Gasteiger partial charge >= 0.3 is 0 Å². The van der Waals surface area contributed by atoms with Crippen LogP contribution in [0.15, 0.2) is 0 Å². The van der Waals surface area contributed by atoms with Crippen molar-refractivity contribution in [1.82, 2.24) is 0 Å². The van der Waals surface area contributed by atoms with Gasteiger partial charge in [-0.25, -0.2) is 0 Å². The minimum atomic E-state index is -0.206. The summed E-state index contributed by atoms with van der Waals surface area (Å²) >= 11 is 0. The van der Waals surface area contributed by atoms with Crippen LogP contribution in [0.5, 0.6) is 0 Å². The number of carbonyl (C=O) groups excluding carboxylic acids is 1. The highest BCUT2D eigenvalue weighted by atomic mass is 16.5. The molecule has 0 bridgehead atoms. The number of carbonyl (C=O) groups is 1. The summed E-state index contributed by atoms with van der Waals surface area (Å²) in [7, 11) is 0. The van der Waals surface area contributed by atoms with Crippen LogP contribution in [-0.2, 0) is 9.53 Å². The molecule has 0 aromatic rings. The molecule has 126 valence electrons. The molecule has 0 atom stereocenters. The summed E-state index contributed by atoms with van der Waals surface area (Å²) in [5.74, 6) is 0.245. The number of unbranched alkanes of at least 4 members (excludes halogenated alkanes) is 6. The fraction of sp³-hybridized carbons (Fsp3) is 0.947. The van der Waals surface area contributed by atoms with Crippen molar-refractivity contribution in [3.05, 3.63) is 0 Å². The molecular weight excluding hydrogens is 260 g/mol. The van der Waals surface area contributed by atoms with Crippen LogP contribution in [0.3, 0.4) is 0 Å². The van der Waals surface area contributed by atoms with Gasteiger partial charge in [0.25, 0.3) is 0 Å². The zero-order valence-corrected chi connectivity index (χ0v) is 15.4. The second-order valence-electron chi connectivity index (χ2n) is 8.48. The number of hydrogen-bond donors (Lipinski definition) is 0. The van der Waals surface area contributed by atoms with Crippen molar-refractivity contribution in [2.24, 2.45) is 5.41 Å². The molecule has 0 heterocycles. The molecule has 0 unspecified atom stereocenters. The van der Waals surface area contributed by atoms with Crippen molar-refractivity contribution in [1.29, 1.82) is 0 Å². The van der Waals surface area contributed by atoms with Crippen LogP contribution in [0.25, 0.3) is 0 Å². The van der Waals surface area contributed by atoms with E-state index in [0.717, 1.165) is 6.42 Å². The number of Topliss-reactive ketones (excluding diaryl/α,β-unsaturated/α-hetero) is 1. The molecule has 0 spiro atoms. The monoisotopic (exact) mass is 298 g/mol. The summed E-state index contributed by atoms with van der Waals surface area (Å²) in [6, 6.07) is 0. The lowest BCUT2D eigenvalue weighted by Gasteiger charge is -2.18. The van der Waals surface area contributed by atoms with E-state index in [1.54, 1.807) is 0 Å². The molecule has 0 saturated heterocycles. The van der Waals surface area contributed by atoms with Crippen LogP contribution in [0, 0.1) is 5.41 Å². The van der Waals surface area contributed by atoms with Crippen LogP contribution in [0.4, 0.5) is 0 Å². The smallest absolute Gasteiger partial charge is 0.158 e. The second kappa shape index (κ2) is 10.4. The third-order valence-corrected chi connectivity index (χ3v) is 3.55. The van der Waals surface area contributed by atoms with E-state index in [9.17, 15) is 4.79 Å². The Morgan fingerprint density at radius 2 is 1.24 bits per heavy atom. The van der Waals surface area contributed by atoms with Gasteiger partial charge in [-0.05, 0) is 39.0 Å². The molecule has 21 heavy (non-hydrogen) atoms. The van der Waals surface area contributed by atoms with Crippen LogP contribution in [0.2, 0.25) is 0 Å². The lowest BCUT2D eigenvalue weighted by atomic mass is 9.89. The second-order valence-corrected chi connectivity index (χ2v) is 8.48. The first-order valence-corrected chi connectivity index (χ1v) is 8.76. The van der Waals surface area contributed by atoms with Gasteiger partial charge in [-0.2, -0.15) is 0 Å². The number of hydrogen-bond acceptors (Lipinski definition) is 2. The largest absolute Gasteiger partial charge is 0.368 e. The average molecular weight is 299 g/mol. The Bertz CT molecular complexity index is 268. The Balaban J connectivity index is 3.31. The SMILES string of the molecule is CC(C)(C)CCCCCCCCCC(=O)COC(C)(C)C.